The molecule has 0 radical (unpaired) electrons. The highest BCUT2D eigenvalue weighted by atomic mass is 32.1. The second-order valence-corrected chi connectivity index (χ2v) is 6.97. The first-order valence-corrected chi connectivity index (χ1v) is 9.88. The van der Waals surface area contributed by atoms with Crippen LogP contribution in [0.25, 0.3) is 0 Å². The average molecular weight is 409 g/mol. The maximum atomic E-state index is 13.4. The maximum absolute atomic E-state index is 13.4. The molecule has 10 heteroatoms. The van der Waals surface area contributed by atoms with Crippen LogP contribution in [0.3, 0.4) is 0 Å². The average Bonchev–Trinajstić information content (AvgIpc) is 2.78. The van der Waals surface area contributed by atoms with E-state index in [0.717, 1.165) is 43.3 Å². The molecule has 1 saturated heterocycles. The zero-order chi connectivity index (χ0) is 20.2. The van der Waals surface area contributed by atoms with Crippen LogP contribution in [0.4, 0.5) is 10.2 Å². The molecule has 1 amide bonds. The summed E-state index contributed by atoms with van der Waals surface area (Å²) in [6.07, 6.45) is 7.58. The first-order chi connectivity index (χ1) is 13.5. The summed E-state index contributed by atoms with van der Waals surface area (Å²) in [6, 6.07) is 0.133. The van der Waals surface area contributed by atoms with Crippen LogP contribution < -0.4 is 16.0 Å². The van der Waals surface area contributed by atoms with Crippen molar-refractivity contribution >= 4 is 23.1 Å². The van der Waals surface area contributed by atoms with Gasteiger partial charge in [-0.1, -0.05) is 17.4 Å². The highest BCUT2D eigenvalue weighted by Crippen LogP contribution is 2.06. The minimum Gasteiger partial charge on any atom is -0.389 e. The van der Waals surface area contributed by atoms with E-state index in [1.54, 1.807) is 6.08 Å². The Morgan fingerprint density at radius 3 is 3.00 bits per heavy atom. The molecule has 0 spiro atoms. The lowest BCUT2D eigenvalue weighted by atomic mass is 10.1. The minimum atomic E-state index is -0.849. The third-order valence-electron chi connectivity index (χ3n) is 3.74. The van der Waals surface area contributed by atoms with E-state index in [4.69, 9.17) is 5.11 Å². The molecule has 1 aromatic rings. The summed E-state index contributed by atoms with van der Waals surface area (Å²) in [7, 11) is 0. The molecule has 8 nitrogen and oxygen atoms in total. The van der Waals surface area contributed by atoms with Crippen LogP contribution in [0, 0.1) is 0 Å². The van der Waals surface area contributed by atoms with Crippen LogP contribution in [-0.2, 0) is 0 Å². The van der Waals surface area contributed by atoms with Crippen LogP contribution in [0.1, 0.15) is 29.6 Å². The molecule has 0 aromatic carbocycles. The molecular weight excluding hydrogens is 383 g/mol. The van der Waals surface area contributed by atoms with Crippen molar-refractivity contribution in [3.63, 3.8) is 0 Å². The van der Waals surface area contributed by atoms with Gasteiger partial charge >= 0.3 is 0 Å². The van der Waals surface area contributed by atoms with Crippen LogP contribution in [-0.4, -0.2) is 57.7 Å². The Kier molecular flexibility index (Phi) is 9.46. The van der Waals surface area contributed by atoms with Gasteiger partial charge in [0.15, 0.2) is 5.01 Å². The predicted octanol–water partition coefficient (Wildman–Crippen LogP) is 1.74. The van der Waals surface area contributed by atoms with Crippen molar-refractivity contribution in [2.24, 2.45) is 0 Å². The number of carbonyl (C=O) groups is 1. The number of piperidine rings is 1. The number of allylic oxidation sites excluding steroid dienone is 2. The molecule has 1 aliphatic heterocycles. The third-order valence-corrected chi connectivity index (χ3v) is 4.48. The van der Waals surface area contributed by atoms with E-state index in [1.165, 1.54) is 31.0 Å². The van der Waals surface area contributed by atoms with Crippen LogP contribution in [0.15, 0.2) is 42.1 Å². The molecule has 4 N–H and O–H groups in total. The highest BCUT2D eigenvalue weighted by molar-refractivity contribution is 7.11. The Morgan fingerprint density at radius 1 is 1.46 bits per heavy atom. The highest BCUT2D eigenvalue weighted by Gasteiger charge is 2.17. The molecule has 0 aliphatic carbocycles. The van der Waals surface area contributed by atoms with Crippen molar-refractivity contribution in [1.82, 2.24) is 25.6 Å². The molecule has 1 aromatic heterocycles. The summed E-state index contributed by atoms with van der Waals surface area (Å²) in [4.78, 5) is 24.8. The molecule has 1 aliphatic rings. The Balaban J connectivity index is 2.01. The molecule has 1 unspecified atom stereocenters. The van der Waals surface area contributed by atoms with E-state index in [9.17, 15) is 9.18 Å². The SMILES string of the molecule is CC(O)/C=C(F)\C=C/CNc1cnc(C(=O)NC2CCNCC2)scncn1. The molecule has 28 heavy (non-hydrogen) atoms. The molecule has 1 atom stereocenters. The van der Waals surface area contributed by atoms with Crippen LogP contribution in [0.2, 0.25) is 0 Å². The monoisotopic (exact) mass is 408 g/mol. The van der Waals surface area contributed by atoms with Gasteiger partial charge in [-0.2, -0.15) is 0 Å². The Hall–Kier alpha value is -2.43. The standard InChI is InChI=1S/C18H25FN6O2S/c1-13(26)9-14(19)3-2-6-22-16-10-23-18(28-12-21-11-24-16)17(27)25-15-4-7-20-8-5-15/h2-3,9-13,15,20,22,26H,4-8H2,1H3,(H,25,27)/b3-2-,14-9+,16-10?,21-12?,23-18?,24-11?. The number of halogens is 1. The second-order valence-electron chi connectivity index (χ2n) is 6.14. The van der Waals surface area contributed by atoms with E-state index in [0.29, 0.717) is 5.82 Å². The van der Waals surface area contributed by atoms with Crippen LogP contribution in [0.5, 0.6) is 0 Å². The molecule has 0 saturated carbocycles. The van der Waals surface area contributed by atoms with Crippen molar-refractivity contribution in [2.75, 3.05) is 25.0 Å². The maximum Gasteiger partial charge on any atom is 0.280 e. The molecule has 2 heterocycles. The molecular formula is C18H25FN6O2S. The zero-order valence-electron chi connectivity index (χ0n) is 15.6. The molecule has 2 rings (SSSR count). The van der Waals surface area contributed by atoms with Gasteiger partial charge in [-0.25, -0.2) is 19.3 Å². The predicted molar refractivity (Wildman–Crippen MR) is 107 cm³/mol. The number of aliphatic hydroxyl groups is 1. The number of hydrogen-bond acceptors (Lipinski definition) is 8. The van der Waals surface area contributed by atoms with E-state index in [1.807, 2.05) is 0 Å². The number of anilines is 1. The van der Waals surface area contributed by atoms with Crippen molar-refractivity contribution in [3.05, 3.63) is 47.1 Å². The van der Waals surface area contributed by atoms with Crippen LogP contribution >= 0.6 is 11.3 Å². The van der Waals surface area contributed by atoms with Gasteiger partial charge in [0.2, 0.25) is 0 Å². The van der Waals surface area contributed by atoms with E-state index < -0.39 is 11.9 Å². The summed E-state index contributed by atoms with van der Waals surface area (Å²) in [5.74, 6) is -0.387. The second kappa shape index (κ2) is 12.1. The number of nitrogens with one attached hydrogen (secondary N) is 3. The number of amides is 1. The lowest BCUT2D eigenvalue weighted by molar-refractivity contribution is 0.0929. The Bertz CT molecular complexity index is 745. The van der Waals surface area contributed by atoms with Crippen molar-refractivity contribution in [2.45, 2.75) is 31.9 Å². The summed E-state index contributed by atoms with van der Waals surface area (Å²) in [5, 5.41) is 18.6. The fourth-order valence-electron chi connectivity index (χ4n) is 2.42. The summed E-state index contributed by atoms with van der Waals surface area (Å²) in [6.45, 7) is 3.52. The summed E-state index contributed by atoms with van der Waals surface area (Å²) >= 11 is 1.12. The van der Waals surface area contributed by atoms with E-state index >= 15 is 0 Å². The number of aliphatic hydroxyl groups excluding tert-OH is 1. The molecule has 152 valence electrons. The lowest BCUT2D eigenvalue weighted by Crippen LogP contribution is -2.42. The lowest BCUT2D eigenvalue weighted by Gasteiger charge is -2.23. The van der Waals surface area contributed by atoms with Gasteiger partial charge in [0, 0.05) is 12.6 Å². The summed E-state index contributed by atoms with van der Waals surface area (Å²) < 4.78 is 13.4. The third kappa shape index (κ3) is 8.51. The summed E-state index contributed by atoms with van der Waals surface area (Å²) in [5.41, 5.74) is 1.50. The first-order valence-electron chi connectivity index (χ1n) is 9.01. The first kappa shape index (κ1) is 21.9. The van der Waals surface area contributed by atoms with Gasteiger partial charge in [-0.05, 0) is 45.0 Å². The minimum absolute atomic E-state index is 0.133. The fourth-order valence-corrected chi connectivity index (χ4v) is 2.92. The number of carbonyl (C=O) groups excluding carboxylic acids is 1. The van der Waals surface area contributed by atoms with Gasteiger partial charge in [0.1, 0.15) is 18.0 Å². The Labute approximate surface area is 167 Å². The number of nitrogens with zero attached hydrogens (tertiary/aromatic N) is 3. The van der Waals surface area contributed by atoms with Gasteiger partial charge in [-0.15, -0.1) is 0 Å². The van der Waals surface area contributed by atoms with Gasteiger partial charge in [0.05, 0.1) is 17.8 Å². The fraction of sp³-hybridized carbons (Fsp3) is 0.444. The number of aromatic nitrogens is 3. The smallest absolute Gasteiger partial charge is 0.280 e. The molecule has 0 bridgehead atoms. The van der Waals surface area contributed by atoms with Gasteiger partial charge in [0.25, 0.3) is 5.91 Å². The molecule has 1 fully saturated rings. The van der Waals surface area contributed by atoms with Crippen molar-refractivity contribution in [1.29, 1.82) is 0 Å². The quantitative estimate of drug-likeness (QED) is 0.509. The number of rotatable bonds is 7. The van der Waals surface area contributed by atoms with E-state index in [-0.39, 0.29) is 23.5 Å². The normalized spacial score (nSPS) is 16.5. The number of hydrogen-bond donors (Lipinski definition) is 4. The van der Waals surface area contributed by atoms with E-state index in [2.05, 4.69) is 30.9 Å². The zero-order valence-corrected chi connectivity index (χ0v) is 16.5. The van der Waals surface area contributed by atoms with Gasteiger partial charge < -0.3 is 21.1 Å². The largest absolute Gasteiger partial charge is 0.389 e. The topological polar surface area (TPSA) is 112 Å². The van der Waals surface area contributed by atoms with Crippen molar-refractivity contribution < 1.29 is 14.3 Å². The van der Waals surface area contributed by atoms with Gasteiger partial charge in [-0.3, -0.25) is 4.79 Å². The Morgan fingerprint density at radius 2 is 2.25 bits per heavy atom. The van der Waals surface area contributed by atoms with Crippen molar-refractivity contribution in [3.8, 4) is 0 Å².